The number of hydrogen-bond donors (Lipinski definition) is 2. The highest BCUT2D eigenvalue weighted by Gasteiger charge is 2.59. The van der Waals surface area contributed by atoms with Crippen LogP contribution < -0.4 is 9.47 Å². The van der Waals surface area contributed by atoms with Gasteiger partial charge < -0.3 is 24.1 Å². The standard InChI is InChI=1S/C19H17ClN2O7/c1-8-5-10(24)6-13(25)19(8)17(26)14-12(27-4-3-23)7-11(15(20)16(14)29-19)18-22-21-9(2)28-18/h6-8,23,25H,3-5H2,1-2H3/t8-,19+/m1/s1. The average Bonchev–Trinajstić information content (AvgIpc) is 3.22. The van der Waals surface area contributed by atoms with Gasteiger partial charge in [0, 0.05) is 25.3 Å². The second kappa shape index (κ2) is 6.85. The van der Waals surface area contributed by atoms with E-state index in [1.165, 1.54) is 6.07 Å². The number of fused-ring (bicyclic) bond motifs is 1. The number of benzene rings is 1. The highest BCUT2D eigenvalue weighted by atomic mass is 35.5. The van der Waals surface area contributed by atoms with Crippen molar-refractivity contribution in [3.8, 4) is 23.0 Å². The predicted octanol–water partition coefficient (Wildman–Crippen LogP) is 2.43. The van der Waals surface area contributed by atoms with Crippen molar-refractivity contribution < 1.29 is 33.7 Å². The summed E-state index contributed by atoms with van der Waals surface area (Å²) < 4.78 is 16.9. The molecule has 2 heterocycles. The van der Waals surface area contributed by atoms with E-state index in [1.54, 1.807) is 13.8 Å². The van der Waals surface area contributed by atoms with E-state index in [0.717, 1.165) is 6.08 Å². The number of aromatic nitrogens is 2. The number of ether oxygens (including phenoxy) is 2. The van der Waals surface area contributed by atoms with Crippen LogP contribution in [-0.4, -0.2) is 50.8 Å². The highest BCUT2D eigenvalue weighted by Crippen LogP contribution is 2.53. The van der Waals surface area contributed by atoms with Gasteiger partial charge in [0.1, 0.15) is 23.7 Å². The van der Waals surface area contributed by atoms with E-state index >= 15 is 0 Å². The SMILES string of the molecule is Cc1nnc(-c2cc(OCCO)c3c(c2Cl)O[C@]2(C3=O)C(O)=CC(=O)C[C@H]2C)o1. The van der Waals surface area contributed by atoms with Gasteiger partial charge in [0.2, 0.25) is 23.2 Å². The largest absolute Gasteiger partial charge is 0.507 e. The van der Waals surface area contributed by atoms with Gasteiger partial charge in [0.25, 0.3) is 0 Å². The fraction of sp³-hybridized carbons (Fsp3) is 0.368. The van der Waals surface area contributed by atoms with Crippen LogP contribution >= 0.6 is 11.6 Å². The number of halogens is 1. The first-order valence-corrected chi connectivity index (χ1v) is 9.25. The van der Waals surface area contributed by atoms with Crippen molar-refractivity contribution in [2.75, 3.05) is 13.2 Å². The molecule has 0 saturated carbocycles. The molecule has 10 heteroatoms. The highest BCUT2D eigenvalue weighted by molar-refractivity contribution is 6.36. The molecule has 152 valence electrons. The summed E-state index contributed by atoms with van der Waals surface area (Å²) in [4.78, 5) is 25.2. The van der Waals surface area contributed by atoms with Crippen molar-refractivity contribution in [2.45, 2.75) is 25.9 Å². The third-order valence-electron chi connectivity index (χ3n) is 5.00. The summed E-state index contributed by atoms with van der Waals surface area (Å²) in [7, 11) is 0. The number of nitrogens with zero attached hydrogens (tertiary/aromatic N) is 2. The molecule has 0 fully saturated rings. The Balaban J connectivity index is 1.93. The summed E-state index contributed by atoms with van der Waals surface area (Å²) in [6, 6.07) is 1.45. The molecule has 1 aromatic carbocycles. The molecule has 2 aliphatic rings. The number of aliphatic hydroxyl groups is 2. The van der Waals surface area contributed by atoms with Crippen LogP contribution in [0.3, 0.4) is 0 Å². The lowest BCUT2D eigenvalue weighted by atomic mass is 9.75. The van der Waals surface area contributed by atoms with Gasteiger partial charge in [-0.2, -0.15) is 0 Å². The Kier molecular flexibility index (Phi) is 4.59. The summed E-state index contributed by atoms with van der Waals surface area (Å²) in [5.74, 6) is -1.54. The zero-order valence-electron chi connectivity index (χ0n) is 15.6. The number of hydrogen-bond acceptors (Lipinski definition) is 9. The molecule has 2 atom stereocenters. The topological polar surface area (TPSA) is 132 Å². The van der Waals surface area contributed by atoms with Crippen LogP contribution in [0.1, 0.15) is 29.6 Å². The van der Waals surface area contributed by atoms with Crippen molar-refractivity contribution in [2.24, 2.45) is 5.92 Å². The van der Waals surface area contributed by atoms with Crippen molar-refractivity contribution in [3.63, 3.8) is 0 Å². The number of ketones is 2. The number of aliphatic hydroxyl groups excluding tert-OH is 2. The van der Waals surface area contributed by atoms with Gasteiger partial charge in [-0.25, -0.2) is 0 Å². The number of carbonyl (C=O) groups is 2. The minimum absolute atomic E-state index is 0.0147. The molecule has 0 unspecified atom stereocenters. The molecular formula is C19H17ClN2O7. The second-order valence-corrected chi connectivity index (χ2v) is 7.28. The fourth-order valence-corrected chi connectivity index (χ4v) is 3.92. The van der Waals surface area contributed by atoms with Gasteiger partial charge in [-0.3, -0.25) is 9.59 Å². The molecule has 1 aliphatic heterocycles. The van der Waals surface area contributed by atoms with E-state index in [0.29, 0.717) is 5.89 Å². The molecule has 0 radical (unpaired) electrons. The summed E-state index contributed by atoms with van der Waals surface area (Å²) >= 11 is 6.52. The average molecular weight is 421 g/mol. The van der Waals surface area contributed by atoms with Crippen LogP contribution in [0.25, 0.3) is 11.5 Å². The molecule has 9 nitrogen and oxygen atoms in total. The van der Waals surface area contributed by atoms with Crippen molar-refractivity contribution >= 4 is 23.2 Å². The smallest absolute Gasteiger partial charge is 0.249 e. The zero-order chi connectivity index (χ0) is 20.9. The summed E-state index contributed by atoms with van der Waals surface area (Å²) in [5, 5.41) is 27.4. The molecular weight excluding hydrogens is 404 g/mol. The minimum Gasteiger partial charge on any atom is -0.507 e. The van der Waals surface area contributed by atoms with Gasteiger partial charge in [-0.05, 0) is 6.07 Å². The first-order chi connectivity index (χ1) is 13.8. The van der Waals surface area contributed by atoms with Crippen LogP contribution in [0.2, 0.25) is 5.02 Å². The molecule has 1 spiro atoms. The number of Topliss-reactive ketones (excluding diaryl/α,β-unsaturated/α-hetero) is 1. The lowest BCUT2D eigenvalue weighted by Gasteiger charge is -2.34. The first-order valence-electron chi connectivity index (χ1n) is 8.88. The molecule has 4 rings (SSSR count). The van der Waals surface area contributed by atoms with Crippen molar-refractivity contribution in [3.05, 3.63) is 34.4 Å². The third-order valence-corrected chi connectivity index (χ3v) is 5.37. The van der Waals surface area contributed by atoms with Gasteiger partial charge in [-0.15, -0.1) is 10.2 Å². The number of rotatable bonds is 4. The van der Waals surface area contributed by atoms with E-state index in [9.17, 15) is 14.7 Å². The molecule has 0 saturated heterocycles. The van der Waals surface area contributed by atoms with Gasteiger partial charge >= 0.3 is 0 Å². The number of carbonyl (C=O) groups excluding carboxylic acids is 2. The van der Waals surface area contributed by atoms with E-state index in [4.69, 9.17) is 30.6 Å². The van der Waals surface area contributed by atoms with E-state index in [-0.39, 0.29) is 59.0 Å². The lowest BCUT2D eigenvalue weighted by Crippen LogP contribution is -2.51. The number of aryl methyl sites for hydroxylation is 1. The molecule has 2 N–H and O–H groups in total. The Hall–Kier alpha value is -2.91. The quantitative estimate of drug-likeness (QED) is 0.764. The van der Waals surface area contributed by atoms with E-state index in [2.05, 4.69) is 10.2 Å². The minimum atomic E-state index is -1.78. The maximum atomic E-state index is 13.4. The Bertz CT molecular complexity index is 1060. The number of allylic oxidation sites excluding steroid dienone is 1. The third kappa shape index (κ3) is 2.80. The molecule has 1 aliphatic carbocycles. The first kappa shape index (κ1) is 19.4. The molecule has 1 aromatic heterocycles. The Morgan fingerprint density at radius 3 is 2.76 bits per heavy atom. The molecule has 29 heavy (non-hydrogen) atoms. The van der Waals surface area contributed by atoms with Crippen LogP contribution in [0, 0.1) is 12.8 Å². The summed E-state index contributed by atoms with van der Waals surface area (Å²) in [6.45, 7) is 2.87. The normalized spacial score (nSPS) is 23.2. The van der Waals surface area contributed by atoms with Gasteiger partial charge in [0.05, 0.1) is 17.2 Å². The molecule has 2 aromatic rings. The Morgan fingerprint density at radius 1 is 1.38 bits per heavy atom. The molecule has 0 bridgehead atoms. The van der Waals surface area contributed by atoms with Crippen molar-refractivity contribution in [1.82, 2.24) is 10.2 Å². The van der Waals surface area contributed by atoms with Crippen LogP contribution in [-0.2, 0) is 4.79 Å². The maximum absolute atomic E-state index is 13.4. The van der Waals surface area contributed by atoms with E-state index in [1.807, 2.05) is 0 Å². The Labute approximate surface area is 169 Å². The lowest BCUT2D eigenvalue weighted by molar-refractivity contribution is -0.118. The summed E-state index contributed by atoms with van der Waals surface area (Å²) in [6.07, 6.45) is 1.01. The molecule has 0 amide bonds. The van der Waals surface area contributed by atoms with Crippen LogP contribution in [0.4, 0.5) is 0 Å². The van der Waals surface area contributed by atoms with Gasteiger partial charge in [0.15, 0.2) is 11.5 Å². The predicted molar refractivity (Wildman–Crippen MR) is 99.3 cm³/mol. The van der Waals surface area contributed by atoms with E-state index < -0.39 is 23.1 Å². The van der Waals surface area contributed by atoms with Gasteiger partial charge in [-0.1, -0.05) is 18.5 Å². The van der Waals surface area contributed by atoms with Crippen LogP contribution in [0.5, 0.6) is 11.5 Å². The maximum Gasteiger partial charge on any atom is 0.249 e. The second-order valence-electron chi connectivity index (χ2n) is 6.91. The zero-order valence-corrected chi connectivity index (χ0v) is 16.3. The summed E-state index contributed by atoms with van der Waals surface area (Å²) in [5.41, 5.74) is -1.49. The van der Waals surface area contributed by atoms with Crippen molar-refractivity contribution in [1.29, 1.82) is 0 Å². The fourth-order valence-electron chi connectivity index (χ4n) is 3.65. The monoisotopic (exact) mass is 420 g/mol. The Morgan fingerprint density at radius 2 is 2.14 bits per heavy atom. The van der Waals surface area contributed by atoms with Crippen LogP contribution in [0.15, 0.2) is 22.3 Å².